The lowest BCUT2D eigenvalue weighted by atomic mass is 10.0. The first-order valence-corrected chi connectivity index (χ1v) is 5.86. The van der Waals surface area contributed by atoms with E-state index in [1.54, 1.807) is 0 Å². The third kappa shape index (κ3) is 11.4. The van der Waals surface area contributed by atoms with Crippen molar-refractivity contribution < 1.29 is 4.79 Å². The highest BCUT2D eigenvalue weighted by molar-refractivity contribution is 5.51. The van der Waals surface area contributed by atoms with E-state index in [1.807, 2.05) is 6.08 Å². The van der Waals surface area contributed by atoms with Crippen molar-refractivity contribution in [3.05, 3.63) is 12.2 Å². The Balaban J connectivity index is 3.02. The van der Waals surface area contributed by atoms with E-state index < -0.39 is 0 Å². The molecule has 1 nitrogen and oxygen atoms in total. The molecule has 0 aliphatic carbocycles. The summed E-state index contributed by atoms with van der Waals surface area (Å²) in [5.74, 6) is 0.850. The summed E-state index contributed by atoms with van der Waals surface area (Å²) in [6, 6.07) is 0. The molecule has 1 heteroatoms. The van der Waals surface area contributed by atoms with Gasteiger partial charge in [-0.05, 0) is 18.8 Å². The zero-order valence-electron chi connectivity index (χ0n) is 9.67. The molecule has 0 spiro atoms. The number of carbonyl (C=O) groups is 1. The topological polar surface area (TPSA) is 17.1 Å². The number of aldehydes is 1. The standard InChI is InChI=1S/C13H24O/c1-13(2)11-9-7-5-3-4-6-8-10-12-14/h6,8,12-13H,3-5,7,9-11H2,1-2H3. The molecule has 0 heterocycles. The zero-order chi connectivity index (χ0) is 10.6. The Morgan fingerprint density at radius 2 is 1.71 bits per heavy atom. The quantitative estimate of drug-likeness (QED) is 0.308. The van der Waals surface area contributed by atoms with E-state index >= 15 is 0 Å². The van der Waals surface area contributed by atoms with Gasteiger partial charge in [0.05, 0.1) is 0 Å². The van der Waals surface area contributed by atoms with Crippen LogP contribution in [0.2, 0.25) is 0 Å². The molecule has 0 fully saturated rings. The first-order chi connectivity index (χ1) is 6.77. The van der Waals surface area contributed by atoms with Crippen LogP contribution in [0.25, 0.3) is 0 Å². The fourth-order valence-corrected chi connectivity index (χ4v) is 1.44. The van der Waals surface area contributed by atoms with Gasteiger partial charge in [0.2, 0.25) is 0 Å². The number of hydrogen-bond donors (Lipinski definition) is 0. The fourth-order valence-electron chi connectivity index (χ4n) is 1.44. The van der Waals surface area contributed by atoms with Crippen molar-refractivity contribution in [2.24, 2.45) is 5.92 Å². The number of rotatable bonds is 9. The van der Waals surface area contributed by atoms with Gasteiger partial charge in [-0.25, -0.2) is 0 Å². The van der Waals surface area contributed by atoms with Gasteiger partial charge in [0.1, 0.15) is 6.29 Å². The smallest absolute Gasteiger partial charge is 0.123 e. The summed E-state index contributed by atoms with van der Waals surface area (Å²) in [7, 11) is 0. The normalized spacial score (nSPS) is 11.4. The highest BCUT2D eigenvalue weighted by Crippen LogP contribution is 2.10. The molecule has 0 rings (SSSR count). The minimum atomic E-state index is 0.577. The molecule has 0 bridgehead atoms. The Morgan fingerprint density at radius 1 is 1.00 bits per heavy atom. The van der Waals surface area contributed by atoms with Crippen LogP contribution in [0.15, 0.2) is 12.2 Å². The maximum Gasteiger partial charge on any atom is 0.123 e. The molecule has 0 saturated carbocycles. The summed E-state index contributed by atoms with van der Waals surface area (Å²) in [6.45, 7) is 4.56. The summed E-state index contributed by atoms with van der Waals surface area (Å²) < 4.78 is 0. The molecule has 0 aliphatic rings. The largest absolute Gasteiger partial charge is 0.303 e. The highest BCUT2D eigenvalue weighted by atomic mass is 16.1. The van der Waals surface area contributed by atoms with Gasteiger partial charge in [-0.1, -0.05) is 51.7 Å². The Hall–Kier alpha value is -0.590. The third-order valence-corrected chi connectivity index (χ3v) is 2.30. The van der Waals surface area contributed by atoms with Gasteiger partial charge in [-0.3, -0.25) is 0 Å². The van der Waals surface area contributed by atoms with Crippen molar-refractivity contribution in [3.63, 3.8) is 0 Å². The van der Waals surface area contributed by atoms with Crippen LogP contribution in [0.1, 0.15) is 58.8 Å². The van der Waals surface area contributed by atoms with Gasteiger partial charge in [0.15, 0.2) is 0 Å². The summed E-state index contributed by atoms with van der Waals surface area (Å²) in [6.07, 6.45) is 13.4. The van der Waals surface area contributed by atoms with Crippen LogP contribution in [0.5, 0.6) is 0 Å². The number of unbranched alkanes of at least 4 members (excludes halogenated alkanes) is 4. The van der Waals surface area contributed by atoms with Crippen LogP contribution in [0.3, 0.4) is 0 Å². The van der Waals surface area contributed by atoms with E-state index in [-0.39, 0.29) is 0 Å². The SMILES string of the molecule is CC(C)CCCCCCC=CCC=O. The predicted octanol–water partition coefficient (Wildman–Crippen LogP) is 4.13. The maximum atomic E-state index is 9.99. The second-order valence-corrected chi connectivity index (χ2v) is 4.26. The predicted molar refractivity (Wildman–Crippen MR) is 62.4 cm³/mol. The van der Waals surface area contributed by atoms with Gasteiger partial charge >= 0.3 is 0 Å². The molecule has 0 atom stereocenters. The first kappa shape index (κ1) is 13.4. The van der Waals surface area contributed by atoms with E-state index in [9.17, 15) is 4.79 Å². The van der Waals surface area contributed by atoms with Crippen molar-refractivity contribution in [3.8, 4) is 0 Å². The van der Waals surface area contributed by atoms with Gasteiger partial charge < -0.3 is 4.79 Å². The number of allylic oxidation sites excluding steroid dienone is 2. The second kappa shape index (κ2) is 10.5. The Labute approximate surface area is 88.6 Å². The minimum absolute atomic E-state index is 0.577. The van der Waals surface area contributed by atoms with Crippen LogP contribution >= 0.6 is 0 Å². The molecule has 0 aromatic rings. The molecule has 82 valence electrons. The average Bonchev–Trinajstić information content (AvgIpc) is 2.15. The van der Waals surface area contributed by atoms with Crippen LogP contribution in [-0.4, -0.2) is 6.29 Å². The highest BCUT2D eigenvalue weighted by Gasteiger charge is 1.93. The monoisotopic (exact) mass is 196 g/mol. The summed E-state index contributed by atoms with van der Waals surface area (Å²) in [5, 5.41) is 0. The second-order valence-electron chi connectivity index (χ2n) is 4.26. The molecule has 0 amide bonds. The Bertz CT molecular complexity index is 147. The van der Waals surface area contributed by atoms with E-state index in [2.05, 4.69) is 19.9 Å². The van der Waals surface area contributed by atoms with E-state index in [0.29, 0.717) is 6.42 Å². The molecular weight excluding hydrogens is 172 g/mol. The van der Waals surface area contributed by atoms with E-state index in [1.165, 1.54) is 32.1 Å². The van der Waals surface area contributed by atoms with E-state index in [4.69, 9.17) is 0 Å². The molecular formula is C13H24O. The molecule has 0 aliphatic heterocycles. The van der Waals surface area contributed by atoms with Crippen molar-refractivity contribution >= 4 is 6.29 Å². The third-order valence-electron chi connectivity index (χ3n) is 2.30. The summed E-state index contributed by atoms with van der Waals surface area (Å²) >= 11 is 0. The fraction of sp³-hybridized carbons (Fsp3) is 0.769. The Kier molecular flexibility index (Phi) is 10.0. The van der Waals surface area contributed by atoms with Crippen molar-refractivity contribution in [2.75, 3.05) is 0 Å². The van der Waals surface area contributed by atoms with Crippen LogP contribution in [0.4, 0.5) is 0 Å². The van der Waals surface area contributed by atoms with Gasteiger partial charge in [-0.2, -0.15) is 0 Å². The first-order valence-electron chi connectivity index (χ1n) is 5.86. The van der Waals surface area contributed by atoms with Crippen molar-refractivity contribution in [2.45, 2.75) is 58.8 Å². The van der Waals surface area contributed by atoms with Crippen molar-refractivity contribution in [1.82, 2.24) is 0 Å². The van der Waals surface area contributed by atoms with Crippen LogP contribution in [0, 0.1) is 5.92 Å². The number of carbonyl (C=O) groups excluding carboxylic acids is 1. The van der Waals surface area contributed by atoms with E-state index in [0.717, 1.165) is 18.6 Å². The van der Waals surface area contributed by atoms with Crippen LogP contribution < -0.4 is 0 Å². The maximum absolute atomic E-state index is 9.99. The molecule has 0 unspecified atom stereocenters. The number of hydrogen-bond acceptors (Lipinski definition) is 1. The lowest BCUT2D eigenvalue weighted by molar-refractivity contribution is -0.107. The van der Waals surface area contributed by atoms with Gasteiger partial charge in [-0.15, -0.1) is 0 Å². The molecule has 0 aromatic heterocycles. The van der Waals surface area contributed by atoms with Crippen molar-refractivity contribution in [1.29, 1.82) is 0 Å². The zero-order valence-corrected chi connectivity index (χ0v) is 9.67. The van der Waals surface area contributed by atoms with Crippen LogP contribution in [-0.2, 0) is 4.79 Å². The molecule has 0 aromatic carbocycles. The molecule has 14 heavy (non-hydrogen) atoms. The lowest BCUT2D eigenvalue weighted by Crippen LogP contribution is -1.86. The summed E-state index contributed by atoms with van der Waals surface area (Å²) in [4.78, 5) is 9.99. The van der Waals surface area contributed by atoms with Gasteiger partial charge in [0, 0.05) is 6.42 Å². The molecule has 0 radical (unpaired) electrons. The lowest BCUT2D eigenvalue weighted by Gasteiger charge is -2.02. The molecule has 0 N–H and O–H groups in total. The Morgan fingerprint density at radius 3 is 2.36 bits per heavy atom. The summed E-state index contributed by atoms with van der Waals surface area (Å²) in [5.41, 5.74) is 0. The molecule has 0 saturated heterocycles. The average molecular weight is 196 g/mol. The minimum Gasteiger partial charge on any atom is -0.303 e. The van der Waals surface area contributed by atoms with Gasteiger partial charge in [0.25, 0.3) is 0 Å².